The number of nitrogens with zero attached hydrogens (tertiary/aromatic N) is 2. The average Bonchev–Trinajstić information content (AvgIpc) is 2.75. The molecule has 0 saturated heterocycles. The van der Waals surface area contributed by atoms with E-state index in [4.69, 9.17) is 9.47 Å². The SMILES string of the molecule is COc1cc(C=NNC(=O)c2ccccn2)ccc1OC(=O)c1ccccc1. The van der Waals surface area contributed by atoms with Crippen LogP contribution in [0.3, 0.4) is 0 Å². The Hall–Kier alpha value is -4.00. The van der Waals surface area contributed by atoms with Gasteiger partial charge in [0.1, 0.15) is 5.69 Å². The minimum Gasteiger partial charge on any atom is -0.493 e. The molecule has 2 aromatic carbocycles. The summed E-state index contributed by atoms with van der Waals surface area (Å²) < 4.78 is 10.7. The summed E-state index contributed by atoms with van der Waals surface area (Å²) in [6, 6.07) is 18.6. The molecule has 0 unspecified atom stereocenters. The smallest absolute Gasteiger partial charge is 0.343 e. The second kappa shape index (κ2) is 9.09. The van der Waals surface area contributed by atoms with Gasteiger partial charge in [-0.25, -0.2) is 10.2 Å². The molecule has 0 radical (unpaired) electrons. The largest absolute Gasteiger partial charge is 0.493 e. The number of carbonyl (C=O) groups excluding carboxylic acids is 2. The number of carbonyl (C=O) groups is 2. The first-order valence-electron chi connectivity index (χ1n) is 8.37. The third kappa shape index (κ3) is 4.79. The summed E-state index contributed by atoms with van der Waals surface area (Å²) >= 11 is 0. The molecule has 0 saturated carbocycles. The number of hydrazone groups is 1. The fourth-order valence-electron chi connectivity index (χ4n) is 2.30. The Labute approximate surface area is 161 Å². The number of ether oxygens (including phenoxy) is 2. The lowest BCUT2D eigenvalue weighted by Gasteiger charge is -2.10. The van der Waals surface area contributed by atoms with E-state index in [1.807, 2.05) is 6.07 Å². The molecule has 7 nitrogen and oxygen atoms in total. The lowest BCUT2D eigenvalue weighted by atomic mass is 10.2. The minimum atomic E-state index is -0.483. The normalized spacial score (nSPS) is 10.5. The summed E-state index contributed by atoms with van der Waals surface area (Å²) in [4.78, 5) is 28.0. The van der Waals surface area contributed by atoms with E-state index < -0.39 is 11.9 Å². The van der Waals surface area contributed by atoms with E-state index in [2.05, 4.69) is 15.5 Å². The number of hydrogen-bond acceptors (Lipinski definition) is 6. The number of benzene rings is 2. The van der Waals surface area contributed by atoms with Gasteiger partial charge in [0.2, 0.25) is 0 Å². The highest BCUT2D eigenvalue weighted by atomic mass is 16.6. The molecular formula is C21H17N3O4. The summed E-state index contributed by atoms with van der Waals surface area (Å²) in [5.41, 5.74) is 3.75. The zero-order valence-corrected chi connectivity index (χ0v) is 15.0. The van der Waals surface area contributed by atoms with Gasteiger partial charge < -0.3 is 9.47 Å². The van der Waals surface area contributed by atoms with Gasteiger partial charge in [0, 0.05) is 6.20 Å². The van der Waals surface area contributed by atoms with E-state index in [-0.39, 0.29) is 11.4 Å². The number of nitrogens with one attached hydrogen (secondary N) is 1. The van der Waals surface area contributed by atoms with Crippen molar-refractivity contribution in [2.24, 2.45) is 5.10 Å². The van der Waals surface area contributed by atoms with E-state index in [0.717, 1.165) is 0 Å². The molecular weight excluding hydrogens is 358 g/mol. The van der Waals surface area contributed by atoms with Crippen molar-refractivity contribution < 1.29 is 19.1 Å². The molecule has 28 heavy (non-hydrogen) atoms. The van der Waals surface area contributed by atoms with Gasteiger partial charge in [0.25, 0.3) is 5.91 Å². The molecule has 7 heteroatoms. The Kier molecular flexibility index (Phi) is 6.10. The van der Waals surface area contributed by atoms with Crippen molar-refractivity contribution >= 4 is 18.1 Å². The van der Waals surface area contributed by atoms with Crippen LogP contribution in [-0.2, 0) is 0 Å². The van der Waals surface area contributed by atoms with Gasteiger partial charge in [-0.15, -0.1) is 0 Å². The highest BCUT2D eigenvalue weighted by molar-refractivity contribution is 5.93. The maximum Gasteiger partial charge on any atom is 0.343 e. The van der Waals surface area contributed by atoms with Gasteiger partial charge in [-0.05, 0) is 48.0 Å². The van der Waals surface area contributed by atoms with Gasteiger partial charge in [0.05, 0.1) is 18.9 Å². The van der Waals surface area contributed by atoms with Crippen molar-refractivity contribution in [3.05, 3.63) is 89.7 Å². The van der Waals surface area contributed by atoms with Gasteiger partial charge >= 0.3 is 5.97 Å². The molecule has 3 rings (SSSR count). The van der Waals surface area contributed by atoms with E-state index in [1.54, 1.807) is 60.7 Å². The number of amides is 1. The Morgan fingerprint density at radius 3 is 2.50 bits per heavy atom. The van der Waals surface area contributed by atoms with Crippen molar-refractivity contribution in [3.8, 4) is 11.5 Å². The summed E-state index contributed by atoms with van der Waals surface area (Å²) in [7, 11) is 1.47. The molecule has 1 heterocycles. The predicted octanol–water partition coefficient (Wildman–Crippen LogP) is 3.07. The van der Waals surface area contributed by atoms with Crippen LogP contribution in [0.15, 0.2) is 78.0 Å². The lowest BCUT2D eigenvalue weighted by molar-refractivity contribution is 0.0729. The fourth-order valence-corrected chi connectivity index (χ4v) is 2.30. The zero-order valence-electron chi connectivity index (χ0n) is 15.0. The summed E-state index contributed by atoms with van der Waals surface area (Å²) in [6.07, 6.45) is 2.98. The maximum atomic E-state index is 12.2. The Morgan fingerprint density at radius 1 is 1.00 bits per heavy atom. The van der Waals surface area contributed by atoms with Crippen LogP contribution in [0.5, 0.6) is 11.5 Å². The molecule has 0 fully saturated rings. The van der Waals surface area contributed by atoms with Crippen LogP contribution in [0, 0.1) is 0 Å². The number of esters is 1. The molecule has 0 bridgehead atoms. The predicted molar refractivity (Wildman–Crippen MR) is 104 cm³/mol. The van der Waals surface area contributed by atoms with Crippen LogP contribution < -0.4 is 14.9 Å². The van der Waals surface area contributed by atoms with Crippen molar-refractivity contribution in [2.45, 2.75) is 0 Å². The van der Waals surface area contributed by atoms with Gasteiger partial charge in [0.15, 0.2) is 11.5 Å². The number of methoxy groups -OCH3 is 1. The van der Waals surface area contributed by atoms with E-state index in [1.165, 1.54) is 19.5 Å². The zero-order chi connectivity index (χ0) is 19.8. The fraction of sp³-hybridized carbons (Fsp3) is 0.0476. The van der Waals surface area contributed by atoms with Crippen molar-refractivity contribution in [1.82, 2.24) is 10.4 Å². The van der Waals surface area contributed by atoms with Crippen LogP contribution >= 0.6 is 0 Å². The molecule has 0 spiro atoms. The quantitative estimate of drug-likeness (QED) is 0.309. The van der Waals surface area contributed by atoms with Gasteiger partial charge in [-0.2, -0.15) is 5.10 Å². The third-order valence-electron chi connectivity index (χ3n) is 3.68. The number of pyridine rings is 1. The molecule has 3 aromatic rings. The average molecular weight is 375 g/mol. The summed E-state index contributed by atoms with van der Waals surface area (Å²) in [5, 5.41) is 3.90. The lowest BCUT2D eigenvalue weighted by Crippen LogP contribution is -2.18. The Balaban J connectivity index is 1.67. The maximum absolute atomic E-state index is 12.2. The molecule has 0 aliphatic heterocycles. The van der Waals surface area contributed by atoms with E-state index in [0.29, 0.717) is 16.9 Å². The standard InChI is InChI=1S/C21H17N3O4/c1-27-19-13-15(14-23-24-20(25)17-9-5-6-12-22-17)10-11-18(19)28-21(26)16-7-3-2-4-8-16/h2-14H,1H3,(H,24,25). The van der Waals surface area contributed by atoms with Crippen LogP contribution in [0.1, 0.15) is 26.4 Å². The van der Waals surface area contributed by atoms with E-state index >= 15 is 0 Å². The number of hydrogen-bond donors (Lipinski definition) is 1. The Bertz CT molecular complexity index is 989. The number of aromatic nitrogens is 1. The third-order valence-corrected chi connectivity index (χ3v) is 3.68. The first-order chi connectivity index (χ1) is 13.7. The molecule has 0 atom stereocenters. The van der Waals surface area contributed by atoms with Gasteiger partial charge in [-0.1, -0.05) is 24.3 Å². The highest BCUT2D eigenvalue weighted by Crippen LogP contribution is 2.28. The van der Waals surface area contributed by atoms with Crippen LogP contribution in [-0.4, -0.2) is 30.2 Å². The second-order valence-electron chi connectivity index (χ2n) is 5.58. The highest BCUT2D eigenvalue weighted by Gasteiger charge is 2.12. The molecule has 1 N–H and O–H groups in total. The van der Waals surface area contributed by atoms with Crippen LogP contribution in [0.25, 0.3) is 0 Å². The molecule has 140 valence electrons. The molecule has 0 aliphatic rings. The number of rotatable bonds is 6. The van der Waals surface area contributed by atoms with Crippen molar-refractivity contribution in [3.63, 3.8) is 0 Å². The summed E-state index contributed by atoms with van der Waals surface area (Å²) in [6.45, 7) is 0. The van der Waals surface area contributed by atoms with E-state index in [9.17, 15) is 9.59 Å². The Morgan fingerprint density at radius 2 is 1.79 bits per heavy atom. The van der Waals surface area contributed by atoms with Crippen molar-refractivity contribution in [1.29, 1.82) is 0 Å². The molecule has 1 amide bonds. The van der Waals surface area contributed by atoms with Gasteiger partial charge in [-0.3, -0.25) is 9.78 Å². The first kappa shape index (κ1) is 18.8. The topological polar surface area (TPSA) is 89.9 Å². The minimum absolute atomic E-state index is 0.264. The summed E-state index contributed by atoms with van der Waals surface area (Å²) in [5.74, 6) is -0.254. The second-order valence-corrected chi connectivity index (χ2v) is 5.58. The van der Waals surface area contributed by atoms with Crippen molar-refractivity contribution in [2.75, 3.05) is 7.11 Å². The molecule has 1 aromatic heterocycles. The van der Waals surface area contributed by atoms with Crippen LogP contribution in [0.2, 0.25) is 0 Å². The van der Waals surface area contributed by atoms with Crippen LogP contribution in [0.4, 0.5) is 0 Å². The monoisotopic (exact) mass is 375 g/mol. The molecule has 0 aliphatic carbocycles. The first-order valence-corrected chi connectivity index (χ1v) is 8.37.